The second kappa shape index (κ2) is 5.68. The van der Waals surface area contributed by atoms with Crippen LogP contribution in [-0.4, -0.2) is 25.2 Å². The monoisotopic (exact) mass is 307 g/mol. The van der Waals surface area contributed by atoms with Gasteiger partial charge in [-0.3, -0.25) is 0 Å². The molecule has 20 heavy (non-hydrogen) atoms. The number of halogens is 1. The van der Waals surface area contributed by atoms with Gasteiger partial charge in [-0.1, -0.05) is 11.8 Å². The van der Waals surface area contributed by atoms with Crippen molar-refractivity contribution in [3.05, 3.63) is 41.2 Å². The first kappa shape index (κ1) is 13.2. The van der Waals surface area contributed by atoms with E-state index in [1.54, 1.807) is 35.2 Å². The summed E-state index contributed by atoms with van der Waals surface area (Å²) >= 11 is 3.07. The summed E-state index contributed by atoms with van der Waals surface area (Å²) in [5.41, 5.74) is 1.88. The Balaban J connectivity index is 1.71. The minimum Gasteiger partial charge on any atom is -0.240 e. The molecule has 0 N–H and O–H groups in total. The maximum absolute atomic E-state index is 12.9. The van der Waals surface area contributed by atoms with Gasteiger partial charge >= 0.3 is 0 Å². The van der Waals surface area contributed by atoms with Crippen molar-refractivity contribution in [1.82, 2.24) is 25.2 Å². The predicted octanol–water partition coefficient (Wildman–Crippen LogP) is 2.77. The zero-order valence-electron chi connectivity index (χ0n) is 10.5. The Morgan fingerprint density at radius 1 is 1.30 bits per heavy atom. The molecule has 1 aromatic carbocycles. The number of thiazole rings is 1. The van der Waals surface area contributed by atoms with E-state index in [2.05, 4.69) is 20.5 Å². The van der Waals surface area contributed by atoms with E-state index in [4.69, 9.17) is 0 Å². The van der Waals surface area contributed by atoms with Crippen molar-refractivity contribution in [1.29, 1.82) is 0 Å². The summed E-state index contributed by atoms with van der Waals surface area (Å²) in [6.45, 7) is 0. The number of aryl methyl sites for hydroxylation is 1. The first-order valence-corrected chi connectivity index (χ1v) is 7.64. The third kappa shape index (κ3) is 2.86. The Labute approximate surface area is 122 Å². The van der Waals surface area contributed by atoms with Crippen molar-refractivity contribution in [2.75, 3.05) is 0 Å². The van der Waals surface area contributed by atoms with Crippen LogP contribution in [0.1, 0.15) is 5.69 Å². The zero-order valence-corrected chi connectivity index (χ0v) is 12.2. The topological polar surface area (TPSA) is 56.5 Å². The highest BCUT2D eigenvalue weighted by Crippen LogP contribution is 2.27. The van der Waals surface area contributed by atoms with Crippen LogP contribution in [0.25, 0.3) is 10.6 Å². The molecule has 8 heteroatoms. The smallest absolute Gasteiger partial charge is 0.209 e. The molecule has 2 heterocycles. The van der Waals surface area contributed by atoms with Crippen molar-refractivity contribution in [3.63, 3.8) is 0 Å². The van der Waals surface area contributed by atoms with E-state index in [0.29, 0.717) is 5.75 Å². The van der Waals surface area contributed by atoms with Crippen LogP contribution in [-0.2, 0) is 12.8 Å². The largest absolute Gasteiger partial charge is 0.240 e. The van der Waals surface area contributed by atoms with Gasteiger partial charge in [0.15, 0.2) is 0 Å². The highest BCUT2D eigenvalue weighted by molar-refractivity contribution is 7.98. The summed E-state index contributed by atoms with van der Waals surface area (Å²) < 4.78 is 14.5. The molecule has 0 bridgehead atoms. The van der Waals surface area contributed by atoms with Gasteiger partial charge in [-0.2, -0.15) is 0 Å². The molecular weight excluding hydrogens is 297 g/mol. The Hall–Kier alpha value is -1.80. The molecule has 5 nitrogen and oxygen atoms in total. The van der Waals surface area contributed by atoms with Gasteiger partial charge in [0.25, 0.3) is 0 Å². The molecule has 0 radical (unpaired) electrons. The highest BCUT2D eigenvalue weighted by Gasteiger charge is 2.08. The van der Waals surface area contributed by atoms with Crippen LogP contribution in [0.3, 0.4) is 0 Å². The standard InChI is InChI=1S/C12H10FN5S2/c1-18-12(15-16-17-18)20-7-10-6-19-11(14-10)8-2-4-9(13)5-3-8/h2-6H,7H2,1H3. The van der Waals surface area contributed by atoms with Crippen molar-refractivity contribution in [2.45, 2.75) is 10.9 Å². The molecule has 102 valence electrons. The predicted molar refractivity (Wildman–Crippen MR) is 75.9 cm³/mol. The fraction of sp³-hybridized carbons (Fsp3) is 0.167. The minimum absolute atomic E-state index is 0.240. The van der Waals surface area contributed by atoms with Gasteiger partial charge in [0.1, 0.15) is 10.8 Å². The fourth-order valence-corrected chi connectivity index (χ4v) is 3.25. The van der Waals surface area contributed by atoms with Crippen molar-refractivity contribution in [3.8, 4) is 10.6 Å². The maximum atomic E-state index is 12.9. The molecular formula is C12H10FN5S2. The van der Waals surface area contributed by atoms with Crippen LogP contribution in [0.5, 0.6) is 0 Å². The second-order valence-electron chi connectivity index (χ2n) is 4.02. The number of thioether (sulfide) groups is 1. The first-order chi connectivity index (χ1) is 9.72. The Morgan fingerprint density at radius 3 is 2.80 bits per heavy atom. The van der Waals surface area contributed by atoms with Crippen LogP contribution in [0.15, 0.2) is 34.8 Å². The van der Waals surface area contributed by atoms with Crippen molar-refractivity contribution in [2.24, 2.45) is 7.05 Å². The number of aromatic nitrogens is 5. The zero-order chi connectivity index (χ0) is 13.9. The first-order valence-electron chi connectivity index (χ1n) is 5.78. The molecule has 0 aliphatic heterocycles. The van der Waals surface area contributed by atoms with Crippen LogP contribution in [0.4, 0.5) is 4.39 Å². The molecule has 2 aromatic heterocycles. The molecule has 3 aromatic rings. The molecule has 0 atom stereocenters. The number of tetrazole rings is 1. The molecule has 0 amide bonds. The van der Waals surface area contributed by atoms with Crippen LogP contribution in [0, 0.1) is 5.82 Å². The number of nitrogens with zero attached hydrogens (tertiary/aromatic N) is 5. The number of rotatable bonds is 4. The van der Waals surface area contributed by atoms with Crippen LogP contribution < -0.4 is 0 Å². The summed E-state index contributed by atoms with van der Waals surface area (Å²) in [7, 11) is 1.80. The summed E-state index contributed by atoms with van der Waals surface area (Å²) in [6.07, 6.45) is 0. The lowest BCUT2D eigenvalue weighted by Gasteiger charge is -1.97. The molecule has 0 spiro atoms. The number of hydrogen-bond acceptors (Lipinski definition) is 6. The summed E-state index contributed by atoms with van der Waals surface area (Å²) in [6, 6.07) is 6.35. The molecule has 0 saturated heterocycles. The second-order valence-corrected chi connectivity index (χ2v) is 5.83. The van der Waals surface area contributed by atoms with E-state index >= 15 is 0 Å². The third-order valence-electron chi connectivity index (χ3n) is 2.57. The molecule has 0 aliphatic carbocycles. The highest BCUT2D eigenvalue weighted by atomic mass is 32.2. The Morgan fingerprint density at radius 2 is 2.10 bits per heavy atom. The van der Waals surface area contributed by atoms with Gasteiger partial charge in [-0.15, -0.1) is 16.4 Å². The summed E-state index contributed by atoms with van der Waals surface area (Å²) in [5.74, 6) is 0.460. The average Bonchev–Trinajstić information content (AvgIpc) is 3.06. The lowest BCUT2D eigenvalue weighted by atomic mass is 10.2. The van der Waals surface area contributed by atoms with E-state index in [-0.39, 0.29) is 5.82 Å². The van der Waals surface area contributed by atoms with Crippen LogP contribution in [0.2, 0.25) is 0 Å². The lowest BCUT2D eigenvalue weighted by Crippen LogP contribution is -1.93. The van der Waals surface area contributed by atoms with E-state index in [1.165, 1.54) is 23.9 Å². The quantitative estimate of drug-likeness (QED) is 0.694. The van der Waals surface area contributed by atoms with Gasteiger partial charge in [0.05, 0.1) is 5.69 Å². The van der Waals surface area contributed by atoms with Gasteiger partial charge < -0.3 is 0 Å². The summed E-state index contributed by atoms with van der Waals surface area (Å²) in [4.78, 5) is 4.54. The number of benzene rings is 1. The average molecular weight is 307 g/mol. The van der Waals surface area contributed by atoms with E-state index < -0.39 is 0 Å². The Bertz CT molecular complexity index is 707. The SMILES string of the molecule is Cn1nnnc1SCc1csc(-c2ccc(F)cc2)n1. The fourth-order valence-electron chi connectivity index (χ4n) is 1.58. The molecule has 3 rings (SSSR count). The normalized spacial score (nSPS) is 10.9. The molecule has 0 fully saturated rings. The van der Waals surface area contributed by atoms with Crippen molar-refractivity contribution >= 4 is 23.1 Å². The molecule has 0 unspecified atom stereocenters. The number of hydrogen-bond donors (Lipinski definition) is 0. The maximum Gasteiger partial charge on any atom is 0.209 e. The lowest BCUT2D eigenvalue weighted by molar-refractivity contribution is 0.628. The third-order valence-corrected chi connectivity index (χ3v) is 4.56. The van der Waals surface area contributed by atoms with Gasteiger partial charge in [-0.05, 0) is 34.7 Å². The van der Waals surface area contributed by atoms with Crippen molar-refractivity contribution < 1.29 is 4.39 Å². The summed E-state index contributed by atoms with van der Waals surface area (Å²) in [5, 5.41) is 14.9. The van der Waals surface area contributed by atoms with Crippen LogP contribution >= 0.6 is 23.1 Å². The molecule has 0 aliphatic rings. The van der Waals surface area contributed by atoms with E-state index in [0.717, 1.165) is 21.4 Å². The van der Waals surface area contributed by atoms with Gasteiger partial charge in [-0.25, -0.2) is 14.1 Å². The van der Waals surface area contributed by atoms with E-state index in [1.807, 2.05) is 5.38 Å². The minimum atomic E-state index is -0.240. The van der Waals surface area contributed by atoms with Gasteiger partial charge in [0.2, 0.25) is 5.16 Å². The Kier molecular flexibility index (Phi) is 3.75. The van der Waals surface area contributed by atoms with Gasteiger partial charge in [0, 0.05) is 23.7 Å². The molecule has 0 saturated carbocycles. The van der Waals surface area contributed by atoms with E-state index in [9.17, 15) is 4.39 Å².